The Morgan fingerprint density at radius 2 is 2.05 bits per heavy atom. The van der Waals surface area contributed by atoms with Crippen LogP contribution in [0.25, 0.3) is 10.9 Å². The van der Waals surface area contributed by atoms with Gasteiger partial charge in [0.05, 0.1) is 0 Å². The fourth-order valence-electron chi connectivity index (χ4n) is 2.81. The minimum Gasteiger partial charge on any atom is -0.360 e. The van der Waals surface area contributed by atoms with Gasteiger partial charge in [0, 0.05) is 34.8 Å². The molecule has 3 rings (SSSR count). The zero-order chi connectivity index (χ0) is 15.9. The zero-order valence-corrected chi connectivity index (χ0v) is 13.2. The number of hydrogen-bond donors (Lipinski definition) is 1. The summed E-state index contributed by atoms with van der Waals surface area (Å²) >= 11 is 0. The van der Waals surface area contributed by atoms with Crippen molar-refractivity contribution >= 4 is 22.6 Å². The van der Waals surface area contributed by atoms with E-state index in [0.29, 0.717) is 17.1 Å². The average molecular weight is 297 g/mol. The Balaban J connectivity index is 1.98. The fraction of sp³-hybridized carbons (Fsp3) is 0.294. The van der Waals surface area contributed by atoms with Gasteiger partial charge in [-0.05, 0) is 51.5 Å². The second-order valence-corrected chi connectivity index (χ2v) is 5.46. The van der Waals surface area contributed by atoms with Crippen molar-refractivity contribution in [3.05, 3.63) is 46.8 Å². The summed E-state index contributed by atoms with van der Waals surface area (Å²) in [5.41, 5.74) is 4.22. The van der Waals surface area contributed by atoms with E-state index in [0.717, 1.165) is 17.4 Å². The average Bonchev–Trinajstić information content (AvgIpc) is 3.01. The van der Waals surface area contributed by atoms with Crippen molar-refractivity contribution in [3.63, 3.8) is 0 Å². The Labute approximate surface area is 128 Å². The van der Waals surface area contributed by atoms with Gasteiger partial charge in [0.2, 0.25) is 0 Å². The molecule has 0 aliphatic rings. The van der Waals surface area contributed by atoms with Crippen LogP contribution in [0.1, 0.15) is 34.3 Å². The highest BCUT2D eigenvalue weighted by Gasteiger charge is 2.14. The van der Waals surface area contributed by atoms with Gasteiger partial charge >= 0.3 is 0 Å². The van der Waals surface area contributed by atoms with Crippen LogP contribution in [0, 0.1) is 20.8 Å². The summed E-state index contributed by atoms with van der Waals surface area (Å²) in [7, 11) is 0. The molecule has 1 N–H and O–H groups in total. The van der Waals surface area contributed by atoms with Crippen molar-refractivity contribution in [1.82, 2.24) is 9.72 Å². The van der Waals surface area contributed by atoms with Crippen molar-refractivity contribution in [1.29, 1.82) is 0 Å². The predicted octanol–water partition coefficient (Wildman–Crippen LogP) is 3.83. The van der Waals surface area contributed by atoms with Crippen molar-refractivity contribution < 1.29 is 9.32 Å². The molecule has 0 atom stereocenters. The highest BCUT2D eigenvalue weighted by molar-refractivity contribution is 6.06. The molecule has 1 aromatic carbocycles. The number of anilines is 1. The molecule has 0 radical (unpaired) electrons. The zero-order valence-electron chi connectivity index (χ0n) is 13.2. The second kappa shape index (κ2) is 5.33. The number of carbonyl (C=O) groups excluding carboxylic acids is 1. The predicted molar refractivity (Wildman–Crippen MR) is 86.3 cm³/mol. The molecule has 114 valence electrons. The second-order valence-electron chi connectivity index (χ2n) is 5.46. The Kier molecular flexibility index (Phi) is 3.48. The number of rotatable bonds is 3. The summed E-state index contributed by atoms with van der Waals surface area (Å²) in [6, 6.07) is 7.48. The maximum absolute atomic E-state index is 12.3. The monoisotopic (exact) mass is 297 g/mol. The third-order valence-corrected chi connectivity index (χ3v) is 4.09. The van der Waals surface area contributed by atoms with E-state index >= 15 is 0 Å². The van der Waals surface area contributed by atoms with Crippen molar-refractivity contribution in [2.24, 2.45) is 0 Å². The van der Waals surface area contributed by atoms with Gasteiger partial charge in [0.15, 0.2) is 5.82 Å². The SMILES string of the molecule is CCn1c(C)c(C)c2cc(C(=O)Nc3cc(C)on3)ccc21. The van der Waals surface area contributed by atoms with E-state index in [1.165, 1.54) is 11.3 Å². The van der Waals surface area contributed by atoms with Gasteiger partial charge < -0.3 is 14.4 Å². The number of carbonyl (C=O) groups is 1. The van der Waals surface area contributed by atoms with E-state index < -0.39 is 0 Å². The van der Waals surface area contributed by atoms with Crippen LogP contribution in [0.15, 0.2) is 28.8 Å². The van der Waals surface area contributed by atoms with E-state index in [-0.39, 0.29) is 5.91 Å². The summed E-state index contributed by atoms with van der Waals surface area (Å²) < 4.78 is 7.21. The number of fused-ring (bicyclic) bond motifs is 1. The number of nitrogens with zero attached hydrogens (tertiary/aromatic N) is 2. The van der Waals surface area contributed by atoms with Crippen molar-refractivity contribution in [2.45, 2.75) is 34.2 Å². The molecule has 0 spiro atoms. The molecule has 5 nitrogen and oxygen atoms in total. The summed E-state index contributed by atoms with van der Waals surface area (Å²) in [5.74, 6) is 0.912. The van der Waals surface area contributed by atoms with Gasteiger partial charge in [0.1, 0.15) is 5.76 Å². The van der Waals surface area contributed by atoms with Gasteiger partial charge in [-0.1, -0.05) is 5.16 Å². The molecule has 0 saturated carbocycles. The van der Waals surface area contributed by atoms with Crippen LogP contribution in [0.2, 0.25) is 0 Å². The molecule has 0 aliphatic carbocycles. The normalized spacial score (nSPS) is 11.1. The molecule has 0 aliphatic heterocycles. The first-order chi connectivity index (χ1) is 10.5. The van der Waals surface area contributed by atoms with E-state index in [1.807, 2.05) is 18.2 Å². The lowest BCUT2D eigenvalue weighted by molar-refractivity contribution is 0.102. The molecule has 0 saturated heterocycles. The Morgan fingerprint density at radius 1 is 1.27 bits per heavy atom. The smallest absolute Gasteiger partial charge is 0.256 e. The third kappa shape index (κ3) is 2.28. The number of nitrogens with one attached hydrogen (secondary N) is 1. The van der Waals surface area contributed by atoms with E-state index in [1.54, 1.807) is 13.0 Å². The van der Waals surface area contributed by atoms with Gasteiger partial charge in [-0.15, -0.1) is 0 Å². The van der Waals surface area contributed by atoms with Crippen LogP contribution in [0.3, 0.4) is 0 Å². The number of aromatic nitrogens is 2. The van der Waals surface area contributed by atoms with Gasteiger partial charge in [-0.2, -0.15) is 0 Å². The molecule has 5 heteroatoms. The lowest BCUT2D eigenvalue weighted by atomic mass is 10.1. The molecule has 2 heterocycles. The highest BCUT2D eigenvalue weighted by atomic mass is 16.5. The lowest BCUT2D eigenvalue weighted by Gasteiger charge is -2.05. The topological polar surface area (TPSA) is 60.1 Å². The maximum Gasteiger partial charge on any atom is 0.256 e. The molecule has 2 aromatic heterocycles. The number of amides is 1. The van der Waals surface area contributed by atoms with Crippen LogP contribution in [0.4, 0.5) is 5.82 Å². The number of benzene rings is 1. The van der Waals surface area contributed by atoms with Gasteiger partial charge in [0.25, 0.3) is 5.91 Å². The highest BCUT2D eigenvalue weighted by Crippen LogP contribution is 2.26. The molecule has 0 unspecified atom stereocenters. The van der Waals surface area contributed by atoms with E-state index in [4.69, 9.17) is 4.52 Å². The summed E-state index contributed by atoms with van der Waals surface area (Å²) in [6.07, 6.45) is 0. The van der Waals surface area contributed by atoms with E-state index in [2.05, 4.69) is 35.8 Å². The number of hydrogen-bond acceptors (Lipinski definition) is 3. The number of aryl methyl sites for hydroxylation is 3. The Hall–Kier alpha value is -2.56. The van der Waals surface area contributed by atoms with Crippen LogP contribution in [-0.2, 0) is 6.54 Å². The molecular weight excluding hydrogens is 278 g/mol. The minimum atomic E-state index is -0.184. The van der Waals surface area contributed by atoms with Gasteiger partial charge in [-0.25, -0.2) is 0 Å². The van der Waals surface area contributed by atoms with Crippen LogP contribution >= 0.6 is 0 Å². The maximum atomic E-state index is 12.3. The minimum absolute atomic E-state index is 0.184. The fourth-order valence-corrected chi connectivity index (χ4v) is 2.81. The first-order valence-electron chi connectivity index (χ1n) is 7.35. The summed E-state index contributed by atoms with van der Waals surface area (Å²) in [4.78, 5) is 12.3. The van der Waals surface area contributed by atoms with E-state index in [9.17, 15) is 4.79 Å². The molecule has 0 bridgehead atoms. The molecule has 22 heavy (non-hydrogen) atoms. The third-order valence-electron chi connectivity index (χ3n) is 4.09. The largest absolute Gasteiger partial charge is 0.360 e. The lowest BCUT2D eigenvalue weighted by Crippen LogP contribution is -2.12. The first kappa shape index (κ1) is 14.4. The molecule has 0 fully saturated rings. The first-order valence-corrected chi connectivity index (χ1v) is 7.35. The van der Waals surface area contributed by atoms with Gasteiger partial charge in [-0.3, -0.25) is 4.79 Å². The van der Waals surface area contributed by atoms with Crippen LogP contribution in [-0.4, -0.2) is 15.6 Å². The quantitative estimate of drug-likeness (QED) is 0.799. The molecular formula is C17H19N3O2. The van der Waals surface area contributed by atoms with Crippen LogP contribution in [0.5, 0.6) is 0 Å². The standard InChI is InChI=1S/C17H19N3O2/c1-5-20-12(4)11(3)14-9-13(6-7-15(14)20)17(21)18-16-8-10(2)22-19-16/h6-9H,5H2,1-4H3,(H,18,19,21). The summed E-state index contributed by atoms with van der Waals surface area (Å²) in [5, 5.41) is 7.64. The van der Waals surface area contributed by atoms with Crippen molar-refractivity contribution in [2.75, 3.05) is 5.32 Å². The van der Waals surface area contributed by atoms with Crippen LogP contribution < -0.4 is 5.32 Å². The van der Waals surface area contributed by atoms with Crippen molar-refractivity contribution in [3.8, 4) is 0 Å². The molecule has 1 amide bonds. The Morgan fingerprint density at radius 3 is 2.68 bits per heavy atom. The molecule has 3 aromatic rings. The Bertz CT molecular complexity index is 858. The summed E-state index contributed by atoms with van der Waals surface area (Å²) in [6.45, 7) is 9.02.